The SMILES string of the molecule is CC[C@@H](C)c1ccccc1NC(=O)C[NH+]1CCN(C(=O)c2ccccc2)CC1. The summed E-state index contributed by atoms with van der Waals surface area (Å²) < 4.78 is 0. The van der Waals surface area contributed by atoms with Crippen LogP contribution >= 0.6 is 0 Å². The Morgan fingerprint density at radius 1 is 1.04 bits per heavy atom. The van der Waals surface area contributed by atoms with Crippen LogP contribution in [0.5, 0.6) is 0 Å². The van der Waals surface area contributed by atoms with Crippen molar-refractivity contribution in [3.63, 3.8) is 0 Å². The van der Waals surface area contributed by atoms with Gasteiger partial charge in [-0.05, 0) is 36.1 Å². The number of carbonyl (C=O) groups excluding carboxylic acids is 2. The maximum Gasteiger partial charge on any atom is 0.279 e. The normalized spacial score (nSPS) is 15.9. The summed E-state index contributed by atoms with van der Waals surface area (Å²) in [6.45, 7) is 7.71. The second kappa shape index (κ2) is 9.51. The van der Waals surface area contributed by atoms with Crippen molar-refractivity contribution in [1.82, 2.24) is 4.90 Å². The van der Waals surface area contributed by atoms with Gasteiger partial charge in [0.1, 0.15) is 0 Å². The minimum atomic E-state index is 0.0357. The Morgan fingerprint density at radius 2 is 1.68 bits per heavy atom. The average Bonchev–Trinajstić information content (AvgIpc) is 2.74. The summed E-state index contributed by atoms with van der Waals surface area (Å²) >= 11 is 0. The van der Waals surface area contributed by atoms with Gasteiger partial charge in [0.25, 0.3) is 11.8 Å². The van der Waals surface area contributed by atoms with Crippen LogP contribution in [0, 0.1) is 0 Å². The molecule has 2 N–H and O–H groups in total. The third kappa shape index (κ3) is 4.98. The maximum absolute atomic E-state index is 12.6. The van der Waals surface area contributed by atoms with Crippen LogP contribution in [0.3, 0.4) is 0 Å². The van der Waals surface area contributed by atoms with E-state index in [1.807, 2.05) is 53.4 Å². The van der Waals surface area contributed by atoms with Crippen molar-refractivity contribution >= 4 is 17.5 Å². The molecule has 1 heterocycles. The number of hydrogen-bond acceptors (Lipinski definition) is 2. The fraction of sp³-hybridized carbons (Fsp3) is 0.391. The number of rotatable bonds is 6. The van der Waals surface area contributed by atoms with Gasteiger partial charge in [0.2, 0.25) is 0 Å². The topological polar surface area (TPSA) is 53.9 Å². The third-order valence-corrected chi connectivity index (χ3v) is 5.57. The van der Waals surface area contributed by atoms with E-state index in [4.69, 9.17) is 0 Å². The zero-order chi connectivity index (χ0) is 19.9. The summed E-state index contributed by atoms with van der Waals surface area (Å²) in [7, 11) is 0. The van der Waals surface area contributed by atoms with E-state index in [-0.39, 0.29) is 11.8 Å². The number of carbonyl (C=O) groups is 2. The van der Waals surface area contributed by atoms with Gasteiger partial charge in [-0.3, -0.25) is 9.59 Å². The number of para-hydroxylation sites is 1. The molecule has 0 aliphatic carbocycles. The lowest BCUT2D eigenvalue weighted by Gasteiger charge is -2.32. The standard InChI is InChI=1S/C23H29N3O2/c1-3-18(2)20-11-7-8-12-21(20)24-22(27)17-25-13-15-26(16-14-25)23(28)19-9-5-4-6-10-19/h4-12,18H,3,13-17H2,1-2H3,(H,24,27)/p+1/t18-/m1/s1. The largest absolute Gasteiger partial charge is 0.327 e. The number of nitrogens with zero attached hydrogens (tertiary/aromatic N) is 1. The number of hydrogen-bond donors (Lipinski definition) is 2. The molecule has 0 radical (unpaired) electrons. The molecule has 2 amide bonds. The Morgan fingerprint density at radius 3 is 2.36 bits per heavy atom. The quantitative estimate of drug-likeness (QED) is 0.807. The van der Waals surface area contributed by atoms with Crippen molar-refractivity contribution in [2.75, 3.05) is 38.0 Å². The fourth-order valence-corrected chi connectivity index (χ4v) is 3.65. The number of quaternary nitrogens is 1. The lowest BCUT2D eigenvalue weighted by atomic mass is 9.97. The van der Waals surface area contributed by atoms with Gasteiger partial charge in [0, 0.05) is 11.3 Å². The van der Waals surface area contributed by atoms with E-state index in [9.17, 15) is 9.59 Å². The lowest BCUT2D eigenvalue weighted by molar-refractivity contribution is -0.895. The summed E-state index contributed by atoms with van der Waals surface area (Å²) in [5.74, 6) is 0.525. The summed E-state index contributed by atoms with van der Waals surface area (Å²) in [6, 6.07) is 17.4. The number of benzene rings is 2. The molecular formula is C23H30N3O2+. The van der Waals surface area contributed by atoms with E-state index in [1.54, 1.807) is 0 Å². The first-order valence-corrected chi connectivity index (χ1v) is 10.1. The highest BCUT2D eigenvalue weighted by atomic mass is 16.2. The Hall–Kier alpha value is -2.66. The average molecular weight is 381 g/mol. The molecular weight excluding hydrogens is 350 g/mol. The predicted octanol–water partition coefficient (Wildman–Crippen LogP) is 2.18. The van der Waals surface area contributed by atoms with Crippen molar-refractivity contribution in [3.8, 4) is 0 Å². The van der Waals surface area contributed by atoms with Crippen molar-refractivity contribution in [3.05, 3.63) is 65.7 Å². The molecule has 2 aromatic rings. The molecule has 3 rings (SSSR count). The van der Waals surface area contributed by atoms with E-state index in [2.05, 4.69) is 25.2 Å². The van der Waals surface area contributed by atoms with Crippen molar-refractivity contribution in [2.45, 2.75) is 26.2 Å². The summed E-state index contributed by atoms with van der Waals surface area (Å²) in [6.07, 6.45) is 1.04. The van der Waals surface area contributed by atoms with Crippen LogP contribution in [0.1, 0.15) is 42.1 Å². The van der Waals surface area contributed by atoms with Gasteiger partial charge >= 0.3 is 0 Å². The molecule has 0 aromatic heterocycles. The molecule has 1 saturated heterocycles. The lowest BCUT2D eigenvalue weighted by Crippen LogP contribution is -3.15. The van der Waals surface area contributed by atoms with Crippen molar-refractivity contribution < 1.29 is 14.5 Å². The van der Waals surface area contributed by atoms with Gasteiger partial charge < -0.3 is 15.1 Å². The monoisotopic (exact) mass is 380 g/mol. The number of amides is 2. The van der Waals surface area contributed by atoms with Crippen LogP contribution in [0.25, 0.3) is 0 Å². The second-order valence-electron chi connectivity index (χ2n) is 7.53. The van der Waals surface area contributed by atoms with E-state index >= 15 is 0 Å². The molecule has 5 heteroatoms. The van der Waals surface area contributed by atoms with Gasteiger partial charge in [-0.1, -0.05) is 50.2 Å². The Bertz CT molecular complexity index is 799. The van der Waals surface area contributed by atoms with E-state index < -0.39 is 0 Å². The highest BCUT2D eigenvalue weighted by molar-refractivity contribution is 5.94. The first-order chi connectivity index (χ1) is 13.6. The molecule has 0 bridgehead atoms. The van der Waals surface area contributed by atoms with Crippen LogP contribution in [-0.2, 0) is 4.79 Å². The summed E-state index contributed by atoms with van der Waals surface area (Å²) in [5.41, 5.74) is 2.83. The molecule has 1 aliphatic rings. The number of nitrogens with one attached hydrogen (secondary N) is 2. The van der Waals surface area contributed by atoms with Crippen LogP contribution in [0.2, 0.25) is 0 Å². The highest BCUT2D eigenvalue weighted by Crippen LogP contribution is 2.26. The molecule has 148 valence electrons. The van der Waals surface area contributed by atoms with Crippen LogP contribution < -0.4 is 10.2 Å². The molecule has 1 aliphatic heterocycles. The predicted molar refractivity (Wildman–Crippen MR) is 112 cm³/mol. The van der Waals surface area contributed by atoms with Gasteiger partial charge in [-0.25, -0.2) is 0 Å². The van der Waals surface area contributed by atoms with Crippen molar-refractivity contribution in [2.24, 2.45) is 0 Å². The molecule has 0 unspecified atom stereocenters. The molecule has 1 atom stereocenters. The smallest absolute Gasteiger partial charge is 0.279 e. The molecule has 28 heavy (non-hydrogen) atoms. The maximum atomic E-state index is 12.6. The van der Waals surface area contributed by atoms with Crippen LogP contribution in [0.4, 0.5) is 5.69 Å². The highest BCUT2D eigenvalue weighted by Gasteiger charge is 2.26. The molecule has 2 aromatic carbocycles. The van der Waals surface area contributed by atoms with Crippen molar-refractivity contribution in [1.29, 1.82) is 0 Å². The first kappa shape index (κ1) is 20.1. The van der Waals surface area contributed by atoms with E-state index in [0.29, 0.717) is 25.6 Å². The third-order valence-electron chi connectivity index (χ3n) is 5.57. The van der Waals surface area contributed by atoms with Gasteiger partial charge in [-0.2, -0.15) is 0 Å². The fourth-order valence-electron chi connectivity index (χ4n) is 3.65. The molecule has 1 fully saturated rings. The zero-order valence-corrected chi connectivity index (χ0v) is 16.8. The molecule has 0 spiro atoms. The Kier molecular flexibility index (Phi) is 6.82. The first-order valence-electron chi connectivity index (χ1n) is 10.1. The number of piperazine rings is 1. The van der Waals surface area contributed by atoms with Gasteiger partial charge in [0.15, 0.2) is 6.54 Å². The summed E-state index contributed by atoms with van der Waals surface area (Å²) in [5, 5.41) is 3.09. The van der Waals surface area contributed by atoms with E-state index in [1.165, 1.54) is 10.5 Å². The second-order valence-corrected chi connectivity index (χ2v) is 7.53. The Labute approximate surface area is 167 Å². The summed E-state index contributed by atoms with van der Waals surface area (Å²) in [4.78, 5) is 28.2. The van der Waals surface area contributed by atoms with Gasteiger partial charge in [0.05, 0.1) is 26.2 Å². The molecule has 5 nitrogen and oxygen atoms in total. The number of anilines is 1. The minimum absolute atomic E-state index is 0.0357. The molecule has 0 saturated carbocycles. The minimum Gasteiger partial charge on any atom is -0.327 e. The Balaban J connectivity index is 1.51. The van der Waals surface area contributed by atoms with Gasteiger partial charge in [-0.15, -0.1) is 0 Å². The zero-order valence-electron chi connectivity index (χ0n) is 16.8. The van der Waals surface area contributed by atoms with Crippen LogP contribution in [0.15, 0.2) is 54.6 Å². The van der Waals surface area contributed by atoms with E-state index in [0.717, 1.165) is 30.8 Å². The van der Waals surface area contributed by atoms with Crippen LogP contribution in [-0.4, -0.2) is 49.4 Å².